The maximum atomic E-state index is 6.11. The Morgan fingerprint density at radius 2 is 2.05 bits per heavy atom. The van der Waals surface area contributed by atoms with Crippen LogP contribution in [0.15, 0.2) is 27.8 Å². The van der Waals surface area contributed by atoms with Crippen molar-refractivity contribution in [2.45, 2.75) is 30.9 Å². The van der Waals surface area contributed by atoms with Gasteiger partial charge in [0.05, 0.1) is 6.04 Å². The van der Waals surface area contributed by atoms with Crippen molar-refractivity contribution in [3.05, 3.63) is 39.7 Å². The third kappa shape index (κ3) is 3.88. The van der Waals surface area contributed by atoms with E-state index < -0.39 is 0 Å². The second-order valence-electron chi connectivity index (χ2n) is 4.70. The Bertz CT molecular complexity index is 589. The Balaban J connectivity index is 2.01. The van der Waals surface area contributed by atoms with Crippen molar-refractivity contribution in [3.8, 4) is 0 Å². The summed E-state index contributed by atoms with van der Waals surface area (Å²) in [6.45, 7) is 4.02. The molecule has 108 valence electrons. The highest BCUT2D eigenvalue weighted by Crippen LogP contribution is 2.29. The third-order valence-electron chi connectivity index (χ3n) is 2.79. The summed E-state index contributed by atoms with van der Waals surface area (Å²) >= 11 is 13.4. The number of hydrogen-bond acceptors (Lipinski definition) is 5. The molecule has 0 fully saturated rings. The smallest absolute Gasteiger partial charge is 0.276 e. The van der Waals surface area contributed by atoms with Gasteiger partial charge in [-0.05, 0) is 23.6 Å². The summed E-state index contributed by atoms with van der Waals surface area (Å²) in [4.78, 5) is 0. The van der Waals surface area contributed by atoms with E-state index in [0.717, 1.165) is 5.56 Å². The first-order chi connectivity index (χ1) is 9.47. The fourth-order valence-corrected chi connectivity index (χ4v) is 2.80. The van der Waals surface area contributed by atoms with E-state index in [-0.39, 0.29) is 12.0 Å². The average molecular weight is 332 g/mol. The lowest BCUT2D eigenvalue weighted by Gasteiger charge is -2.09. The van der Waals surface area contributed by atoms with Gasteiger partial charge in [0.15, 0.2) is 0 Å². The molecule has 2 rings (SSSR count). The van der Waals surface area contributed by atoms with Crippen LogP contribution in [-0.4, -0.2) is 10.2 Å². The number of aromatic nitrogens is 2. The minimum absolute atomic E-state index is 0.240. The van der Waals surface area contributed by atoms with E-state index >= 15 is 0 Å². The predicted octanol–water partition coefficient (Wildman–Crippen LogP) is 4.32. The first-order valence-electron chi connectivity index (χ1n) is 6.13. The van der Waals surface area contributed by atoms with Crippen LogP contribution in [0.25, 0.3) is 0 Å². The lowest BCUT2D eigenvalue weighted by Crippen LogP contribution is -2.16. The molecule has 0 aliphatic rings. The number of halogens is 2. The molecule has 0 spiro atoms. The van der Waals surface area contributed by atoms with Crippen LogP contribution < -0.4 is 5.73 Å². The molecule has 0 aliphatic heterocycles. The number of rotatable bonds is 5. The molecule has 0 amide bonds. The Morgan fingerprint density at radius 1 is 1.30 bits per heavy atom. The Kier molecular flexibility index (Phi) is 5.32. The number of nitrogens with zero attached hydrogens (tertiary/aromatic N) is 2. The van der Waals surface area contributed by atoms with Crippen LogP contribution in [0.2, 0.25) is 10.0 Å². The molecule has 20 heavy (non-hydrogen) atoms. The topological polar surface area (TPSA) is 64.9 Å². The van der Waals surface area contributed by atoms with Crippen molar-refractivity contribution in [1.82, 2.24) is 10.2 Å². The number of nitrogens with two attached hydrogens (primary N) is 1. The molecule has 1 heterocycles. The van der Waals surface area contributed by atoms with Crippen LogP contribution in [0, 0.1) is 5.92 Å². The second-order valence-corrected chi connectivity index (χ2v) is 6.47. The molecular formula is C13H15Cl2N3OS. The van der Waals surface area contributed by atoms with E-state index in [2.05, 4.69) is 10.2 Å². The number of hydrogen-bond donors (Lipinski definition) is 1. The summed E-state index contributed by atoms with van der Waals surface area (Å²) < 4.78 is 5.54. The molecule has 0 bridgehead atoms. The summed E-state index contributed by atoms with van der Waals surface area (Å²) in [6.07, 6.45) is 0. The van der Waals surface area contributed by atoms with Crippen molar-refractivity contribution in [2.24, 2.45) is 11.7 Å². The van der Waals surface area contributed by atoms with Gasteiger partial charge in [0.1, 0.15) is 0 Å². The molecule has 2 aromatic rings. The van der Waals surface area contributed by atoms with Crippen LogP contribution >= 0.6 is 35.0 Å². The average Bonchev–Trinajstić information content (AvgIpc) is 2.85. The molecular weight excluding hydrogens is 317 g/mol. The zero-order valence-electron chi connectivity index (χ0n) is 11.1. The fraction of sp³-hybridized carbons (Fsp3) is 0.385. The molecule has 1 atom stereocenters. The van der Waals surface area contributed by atoms with Crippen LogP contribution in [-0.2, 0) is 5.75 Å². The highest BCUT2D eigenvalue weighted by atomic mass is 35.5. The van der Waals surface area contributed by atoms with E-state index in [1.807, 2.05) is 19.9 Å². The van der Waals surface area contributed by atoms with Crippen LogP contribution in [0.4, 0.5) is 0 Å². The monoisotopic (exact) mass is 331 g/mol. The maximum Gasteiger partial charge on any atom is 0.276 e. The van der Waals surface area contributed by atoms with Crippen molar-refractivity contribution >= 4 is 35.0 Å². The minimum Gasteiger partial charge on any atom is -0.414 e. The van der Waals surface area contributed by atoms with Gasteiger partial charge in [-0.15, -0.1) is 10.2 Å². The largest absolute Gasteiger partial charge is 0.414 e. The molecule has 2 N–H and O–H groups in total. The van der Waals surface area contributed by atoms with Gasteiger partial charge in [-0.2, -0.15) is 0 Å². The van der Waals surface area contributed by atoms with E-state index in [0.29, 0.717) is 26.9 Å². The summed E-state index contributed by atoms with van der Waals surface area (Å²) in [5, 5.41) is 9.68. The molecule has 0 saturated heterocycles. The van der Waals surface area contributed by atoms with Gasteiger partial charge in [-0.3, -0.25) is 0 Å². The van der Waals surface area contributed by atoms with Gasteiger partial charge in [0.25, 0.3) is 5.22 Å². The number of benzene rings is 1. The quantitative estimate of drug-likeness (QED) is 0.826. The molecule has 7 heteroatoms. The Hall–Kier alpha value is -0.750. The van der Waals surface area contributed by atoms with Gasteiger partial charge in [-0.1, -0.05) is 54.9 Å². The summed E-state index contributed by atoms with van der Waals surface area (Å²) in [5.74, 6) is 1.35. The zero-order chi connectivity index (χ0) is 14.7. The standard InChI is InChI=1S/C13H15Cl2N3OS/c1-7(2)11(16)12-17-18-13(19-12)20-6-8-3-4-9(14)5-10(8)15/h3-5,7,11H,6,16H2,1-2H3/t11-/m1/s1. The summed E-state index contributed by atoms with van der Waals surface area (Å²) in [5.41, 5.74) is 6.92. The van der Waals surface area contributed by atoms with Crippen molar-refractivity contribution in [3.63, 3.8) is 0 Å². The second kappa shape index (κ2) is 6.80. The predicted molar refractivity (Wildman–Crippen MR) is 82.1 cm³/mol. The van der Waals surface area contributed by atoms with E-state index in [1.54, 1.807) is 12.1 Å². The zero-order valence-corrected chi connectivity index (χ0v) is 13.5. The normalized spacial score (nSPS) is 12.9. The lowest BCUT2D eigenvalue weighted by atomic mass is 10.1. The maximum absolute atomic E-state index is 6.11. The van der Waals surface area contributed by atoms with Gasteiger partial charge in [0, 0.05) is 15.8 Å². The number of thioether (sulfide) groups is 1. The molecule has 4 nitrogen and oxygen atoms in total. The van der Waals surface area contributed by atoms with E-state index in [9.17, 15) is 0 Å². The van der Waals surface area contributed by atoms with Crippen LogP contribution in [0.1, 0.15) is 31.3 Å². The molecule has 0 unspecified atom stereocenters. The summed E-state index contributed by atoms with van der Waals surface area (Å²) in [7, 11) is 0. The van der Waals surface area contributed by atoms with Crippen molar-refractivity contribution < 1.29 is 4.42 Å². The first kappa shape index (κ1) is 15.6. The SMILES string of the molecule is CC(C)[C@@H](N)c1nnc(SCc2ccc(Cl)cc2Cl)o1. The molecule has 1 aromatic carbocycles. The van der Waals surface area contributed by atoms with Crippen LogP contribution in [0.5, 0.6) is 0 Å². The van der Waals surface area contributed by atoms with Crippen LogP contribution in [0.3, 0.4) is 0 Å². The lowest BCUT2D eigenvalue weighted by molar-refractivity contribution is 0.349. The third-order valence-corrected chi connectivity index (χ3v) is 4.25. The fourth-order valence-electron chi connectivity index (χ4n) is 1.48. The van der Waals surface area contributed by atoms with E-state index in [1.165, 1.54) is 11.8 Å². The van der Waals surface area contributed by atoms with Gasteiger partial charge in [-0.25, -0.2) is 0 Å². The molecule has 0 saturated carbocycles. The highest BCUT2D eigenvalue weighted by Gasteiger charge is 2.18. The van der Waals surface area contributed by atoms with E-state index in [4.69, 9.17) is 33.4 Å². The van der Waals surface area contributed by atoms with Gasteiger partial charge < -0.3 is 10.2 Å². The summed E-state index contributed by atoms with van der Waals surface area (Å²) in [6, 6.07) is 5.16. The van der Waals surface area contributed by atoms with Gasteiger partial charge in [0.2, 0.25) is 5.89 Å². The molecule has 0 aliphatic carbocycles. The van der Waals surface area contributed by atoms with Gasteiger partial charge >= 0.3 is 0 Å². The van der Waals surface area contributed by atoms with Crippen molar-refractivity contribution in [2.75, 3.05) is 0 Å². The highest BCUT2D eigenvalue weighted by molar-refractivity contribution is 7.98. The molecule has 0 radical (unpaired) electrons. The molecule has 1 aromatic heterocycles. The Morgan fingerprint density at radius 3 is 2.70 bits per heavy atom. The Labute approximate surface area is 132 Å². The van der Waals surface area contributed by atoms with Crippen molar-refractivity contribution in [1.29, 1.82) is 0 Å². The first-order valence-corrected chi connectivity index (χ1v) is 7.87. The minimum atomic E-state index is -0.240.